The van der Waals surface area contributed by atoms with Crippen molar-refractivity contribution < 1.29 is 19.1 Å². The number of anilines is 6. The summed E-state index contributed by atoms with van der Waals surface area (Å²) in [6, 6.07) is 15.6. The first-order chi connectivity index (χ1) is 20.7. The molecule has 0 fully saturated rings. The molecule has 222 valence electrons. The Kier molecular flexibility index (Phi) is 8.74. The maximum absolute atomic E-state index is 14.3. The van der Waals surface area contributed by atoms with Crippen LogP contribution in [0.5, 0.6) is 11.5 Å². The molecule has 11 nitrogen and oxygen atoms in total. The van der Waals surface area contributed by atoms with Crippen molar-refractivity contribution in [1.29, 1.82) is 0 Å². The number of nitrogens with two attached hydrogens (primary N) is 1. The minimum Gasteiger partial charge on any atom is -0.495 e. The van der Waals surface area contributed by atoms with Gasteiger partial charge in [0.2, 0.25) is 11.9 Å². The van der Waals surface area contributed by atoms with E-state index in [4.69, 9.17) is 43.4 Å². The van der Waals surface area contributed by atoms with Gasteiger partial charge in [-0.15, -0.1) is 0 Å². The highest BCUT2D eigenvalue weighted by Gasteiger charge is 2.37. The fraction of sp³-hybridized carbons (Fsp3) is 0.200. The number of nitrogens with zero attached hydrogens (tertiary/aromatic N) is 4. The van der Waals surface area contributed by atoms with E-state index in [1.165, 1.54) is 24.0 Å². The van der Waals surface area contributed by atoms with E-state index in [0.717, 1.165) is 5.56 Å². The van der Waals surface area contributed by atoms with E-state index in [1.807, 2.05) is 18.2 Å². The number of carbonyl (C=O) groups excluding carboxylic acids is 2. The van der Waals surface area contributed by atoms with Gasteiger partial charge in [0.1, 0.15) is 27.4 Å². The van der Waals surface area contributed by atoms with Gasteiger partial charge in [0, 0.05) is 29.9 Å². The number of halogens is 2. The highest BCUT2D eigenvalue weighted by atomic mass is 35.5. The van der Waals surface area contributed by atoms with E-state index < -0.39 is 6.03 Å². The predicted molar refractivity (Wildman–Crippen MR) is 169 cm³/mol. The van der Waals surface area contributed by atoms with Gasteiger partial charge in [0.25, 0.3) is 0 Å². The normalized spacial score (nSPS) is 12.5. The number of methoxy groups -OCH3 is 2. The molecule has 2 heterocycles. The number of hydrogen-bond acceptors (Lipinski definition) is 8. The zero-order valence-electron chi connectivity index (χ0n) is 23.6. The van der Waals surface area contributed by atoms with Crippen LogP contribution in [0.2, 0.25) is 10.0 Å². The lowest BCUT2D eigenvalue weighted by Gasteiger charge is -2.37. The van der Waals surface area contributed by atoms with E-state index >= 15 is 0 Å². The summed E-state index contributed by atoms with van der Waals surface area (Å²) in [5.41, 5.74) is 9.47. The fourth-order valence-electron chi connectivity index (χ4n) is 4.61. The van der Waals surface area contributed by atoms with Crippen molar-refractivity contribution in [3.05, 3.63) is 82.0 Å². The van der Waals surface area contributed by atoms with E-state index in [0.29, 0.717) is 46.4 Å². The van der Waals surface area contributed by atoms with Gasteiger partial charge in [-0.05, 0) is 29.8 Å². The quantitative estimate of drug-likeness (QED) is 0.177. The van der Waals surface area contributed by atoms with Crippen LogP contribution in [0.25, 0.3) is 0 Å². The molecular weight excluding hydrogens is 593 g/mol. The molecule has 0 radical (unpaired) electrons. The first-order valence-corrected chi connectivity index (χ1v) is 14.0. The third-order valence-corrected chi connectivity index (χ3v) is 7.52. The predicted octanol–water partition coefficient (Wildman–Crippen LogP) is 6.62. The molecule has 0 spiro atoms. The summed E-state index contributed by atoms with van der Waals surface area (Å²) in [7, 11) is 2.92. The van der Waals surface area contributed by atoms with Gasteiger partial charge >= 0.3 is 6.03 Å². The van der Waals surface area contributed by atoms with Crippen LogP contribution in [0.4, 0.5) is 39.3 Å². The van der Waals surface area contributed by atoms with Crippen LogP contribution in [0.15, 0.2) is 60.8 Å². The van der Waals surface area contributed by atoms with Crippen LogP contribution in [-0.4, -0.2) is 36.1 Å². The minimum atomic E-state index is -0.446. The van der Waals surface area contributed by atoms with Crippen LogP contribution < -0.4 is 35.6 Å². The molecule has 1 aliphatic heterocycles. The number of para-hydroxylation sites is 2. The summed E-state index contributed by atoms with van der Waals surface area (Å²) < 4.78 is 10.9. The molecule has 4 aromatic rings. The first kappa shape index (κ1) is 29.7. The largest absolute Gasteiger partial charge is 0.495 e. The summed E-state index contributed by atoms with van der Waals surface area (Å²) in [5, 5.41) is 6.27. The number of rotatable bonds is 9. The highest BCUT2D eigenvalue weighted by molar-refractivity contribution is 6.42. The SMILES string of the molecule is CCC(=O)Nc1cccc(CN2C(=O)N(c3c(Cl)c(OC)cc(OC)c3Cl)Cc3cnc(Nc4ccccc4N)nc32)c1. The Labute approximate surface area is 258 Å². The second-order valence-corrected chi connectivity index (χ2v) is 10.3. The molecule has 5 rings (SSSR count). The smallest absolute Gasteiger partial charge is 0.330 e. The molecular formula is C30H29Cl2N7O4. The molecule has 3 amide bonds. The highest BCUT2D eigenvalue weighted by Crippen LogP contribution is 2.48. The van der Waals surface area contributed by atoms with Crippen LogP contribution >= 0.6 is 23.2 Å². The van der Waals surface area contributed by atoms with Crippen molar-refractivity contribution in [1.82, 2.24) is 9.97 Å². The number of ether oxygens (including phenoxy) is 2. The Bertz CT molecular complexity index is 1670. The van der Waals surface area contributed by atoms with Crippen LogP contribution in [0.3, 0.4) is 0 Å². The Morgan fingerprint density at radius 3 is 2.44 bits per heavy atom. The Morgan fingerprint density at radius 2 is 1.77 bits per heavy atom. The molecule has 0 saturated heterocycles. The maximum atomic E-state index is 14.3. The van der Waals surface area contributed by atoms with Gasteiger partial charge in [-0.25, -0.2) is 9.78 Å². The number of nitrogens with one attached hydrogen (secondary N) is 2. The summed E-state index contributed by atoms with van der Waals surface area (Å²) in [6.07, 6.45) is 1.97. The second-order valence-electron chi connectivity index (χ2n) is 9.57. The number of aromatic nitrogens is 2. The molecule has 4 N–H and O–H groups in total. The molecule has 1 aliphatic rings. The molecule has 0 bridgehead atoms. The lowest BCUT2D eigenvalue weighted by Crippen LogP contribution is -2.48. The van der Waals surface area contributed by atoms with Crippen LogP contribution in [-0.2, 0) is 17.9 Å². The molecule has 13 heteroatoms. The molecule has 1 aromatic heterocycles. The third kappa shape index (κ3) is 6.08. The number of nitrogen functional groups attached to an aromatic ring is 1. The van der Waals surface area contributed by atoms with E-state index in [2.05, 4.69) is 15.6 Å². The molecule has 0 unspecified atom stereocenters. The Balaban J connectivity index is 1.60. The lowest BCUT2D eigenvalue weighted by molar-refractivity contribution is -0.115. The van der Waals surface area contributed by atoms with Gasteiger partial charge in [-0.1, -0.05) is 54.4 Å². The standard InChI is InChI=1S/C30H29Cl2N7O4/c1-4-24(40)35-19-9-7-8-17(12-19)15-39-28-18(14-34-29(37-28)36-21-11-6-5-10-20(21)33)16-38(30(39)41)27-25(31)22(42-2)13-23(43-3)26(27)32/h5-14H,4,15-16,33H2,1-3H3,(H,35,40)(H,34,36,37). The van der Waals surface area contributed by atoms with E-state index in [9.17, 15) is 9.59 Å². The fourth-order valence-corrected chi connectivity index (χ4v) is 5.32. The molecule has 43 heavy (non-hydrogen) atoms. The second kappa shape index (κ2) is 12.6. The summed E-state index contributed by atoms with van der Waals surface area (Å²) in [4.78, 5) is 38.5. The number of hydrogen-bond donors (Lipinski definition) is 3. The summed E-state index contributed by atoms with van der Waals surface area (Å²) in [6.45, 7) is 1.95. The number of benzene rings is 3. The Hall–Kier alpha value is -4.74. The number of urea groups is 1. The number of amides is 3. The van der Waals surface area contributed by atoms with Gasteiger partial charge in [0.05, 0.1) is 44.4 Å². The zero-order chi connectivity index (χ0) is 30.7. The molecule has 3 aromatic carbocycles. The summed E-state index contributed by atoms with van der Waals surface area (Å²) >= 11 is 13.4. The first-order valence-electron chi connectivity index (χ1n) is 13.3. The average Bonchev–Trinajstić information content (AvgIpc) is 3.00. The van der Waals surface area contributed by atoms with Crippen molar-refractivity contribution in [2.45, 2.75) is 26.4 Å². The van der Waals surface area contributed by atoms with Gasteiger partial charge < -0.3 is 25.8 Å². The zero-order valence-corrected chi connectivity index (χ0v) is 25.2. The molecule has 0 atom stereocenters. The van der Waals surface area contributed by atoms with Crippen molar-refractivity contribution in [2.24, 2.45) is 0 Å². The van der Waals surface area contributed by atoms with Gasteiger partial charge in [0.15, 0.2) is 0 Å². The number of carbonyl (C=O) groups is 2. The minimum absolute atomic E-state index is 0.0702. The van der Waals surface area contributed by atoms with Crippen molar-refractivity contribution in [2.75, 3.05) is 40.4 Å². The number of fused-ring (bicyclic) bond motifs is 1. The monoisotopic (exact) mass is 621 g/mol. The van der Waals surface area contributed by atoms with Crippen LogP contribution in [0, 0.1) is 0 Å². The van der Waals surface area contributed by atoms with Crippen molar-refractivity contribution >= 4 is 69.7 Å². The van der Waals surface area contributed by atoms with Crippen molar-refractivity contribution in [3.63, 3.8) is 0 Å². The van der Waals surface area contributed by atoms with E-state index in [1.54, 1.807) is 49.5 Å². The van der Waals surface area contributed by atoms with Crippen LogP contribution in [0.1, 0.15) is 24.5 Å². The molecule has 0 aliphatic carbocycles. The van der Waals surface area contributed by atoms with Gasteiger partial charge in [-0.2, -0.15) is 4.98 Å². The third-order valence-electron chi connectivity index (χ3n) is 6.79. The topological polar surface area (TPSA) is 135 Å². The molecule has 0 saturated carbocycles. The lowest BCUT2D eigenvalue weighted by atomic mass is 10.1. The summed E-state index contributed by atoms with van der Waals surface area (Å²) in [5.74, 6) is 1.10. The Morgan fingerprint density at radius 1 is 1.05 bits per heavy atom. The van der Waals surface area contributed by atoms with E-state index in [-0.39, 0.29) is 40.7 Å². The maximum Gasteiger partial charge on any atom is 0.330 e. The van der Waals surface area contributed by atoms with Crippen molar-refractivity contribution in [3.8, 4) is 11.5 Å². The van der Waals surface area contributed by atoms with Gasteiger partial charge in [-0.3, -0.25) is 14.6 Å². The average molecular weight is 623 g/mol.